The number of hydrogen-bond donors (Lipinski definition) is 1. The second-order valence-electron chi connectivity index (χ2n) is 5.71. The van der Waals surface area contributed by atoms with Gasteiger partial charge < -0.3 is 5.11 Å². The summed E-state index contributed by atoms with van der Waals surface area (Å²) >= 11 is 0. The van der Waals surface area contributed by atoms with Gasteiger partial charge in [-0.3, -0.25) is 0 Å². The third kappa shape index (κ3) is 2.75. The summed E-state index contributed by atoms with van der Waals surface area (Å²) in [6.45, 7) is 6.47. The van der Waals surface area contributed by atoms with Crippen molar-refractivity contribution in [2.75, 3.05) is 6.54 Å². The zero-order chi connectivity index (χ0) is 14.9. The monoisotopic (exact) mass is 297 g/mol. The SMILES string of the molecule is CCc1ccc(S(=O)(=O)N2CC(C)CC2C)cc1CO. The predicted molar refractivity (Wildman–Crippen MR) is 78.9 cm³/mol. The normalized spacial score (nSPS) is 24.2. The Bertz CT molecular complexity index is 583. The number of sulfonamides is 1. The van der Waals surface area contributed by atoms with Crippen molar-refractivity contribution in [2.45, 2.75) is 51.2 Å². The molecule has 1 saturated heterocycles. The van der Waals surface area contributed by atoms with Gasteiger partial charge in [0, 0.05) is 12.6 Å². The van der Waals surface area contributed by atoms with Crippen LogP contribution in [0.3, 0.4) is 0 Å². The van der Waals surface area contributed by atoms with Crippen LogP contribution in [0.15, 0.2) is 23.1 Å². The summed E-state index contributed by atoms with van der Waals surface area (Å²) in [7, 11) is -3.46. The Morgan fingerprint density at radius 3 is 2.50 bits per heavy atom. The van der Waals surface area contributed by atoms with Gasteiger partial charge in [0.25, 0.3) is 0 Å². The highest BCUT2D eigenvalue weighted by atomic mass is 32.2. The highest BCUT2D eigenvalue weighted by Crippen LogP contribution is 2.29. The average molecular weight is 297 g/mol. The van der Waals surface area contributed by atoms with Crippen molar-refractivity contribution in [3.05, 3.63) is 29.3 Å². The van der Waals surface area contributed by atoms with E-state index in [1.807, 2.05) is 19.9 Å². The molecule has 1 aromatic rings. The Balaban J connectivity index is 2.39. The number of aliphatic hydroxyl groups is 1. The maximum absolute atomic E-state index is 12.7. The molecule has 2 unspecified atom stereocenters. The van der Waals surface area contributed by atoms with Gasteiger partial charge in [-0.1, -0.05) is 19.9 Å². The van der Waals surface area contributed by atoms with Gasteiger partial charge in [0.15, 0.2) is 0 Å². The molecule has 1 N–H and O–H groups in total. The minimum Gasteiger partial charge on any atom is -0.392 e. The summed E-state index contributed by atoms with van der Waals surface area (Å²) in [6.07, 6.45) is 1.69. The van der Waals surface area contributed by atoms with E-state index in [2.05, 4.69) is 6.92 Å². The largest absolute Gasteiger partial charge is 0.392 e. The quantitative estimate of drug-likeness (QED) is 0.926. The van der Waals surface area contributed by atoms with Crippen molar-refractivity contribution >= 4 is 10.0 Å². The summed E-state index contributed by atoms with van der Waals surface area (Å²) in [4.78, 5) is 0.291. The maximum atomic E-state index is 12.7. The summed E-state index contributed by atoms with van der Waals surface area (Å²) in [5.41, 5.74) is 1.70. The van der Waals surface area contributed by atoms with Crippen LogP contribution in [0.2, 0.25) is 0 Å². The molecular formula is C15H23NO3S. The lowest BCUT2D eigenvalue weighted by Crippen LogP contribution is -2.34. The van der Waals surface area contributed by atoms with Gasteiger partial charge in [-0.2, -0.15) is 4.31 Å². The molecule has 20 heavy (non-hydrogen) atoms. The van der Waals surface area contributed by atoms with Crippen LogP contribution in [0.1, 0.15) is 38.3 Å². The maximum Gasteiger partial charge on any atom is 0.243 e. The fraction of sp³-hybridized carbons (Fsp3) is 0.600. The molecule has 112 valence electrons. The second kappa shape index (κ2) is 5.84. The molecule has 0 radical (unpaired) electrons. The van der Waals surface area contributed by atoms with E-state index in [9.17, 15) is 13.5 Å². The number of aliphatic hydroxyl groups excluding tert-OH is 1. The van der Waals surface area contributed by atoms with Crippen LogP contribution in [0.5, 0.6) is 0 Å². The van der Waals surface area contributed by atoms with E-state index >= 15 is 0 Å². The molecule has 1 aromatic carbocycles. The van der Waals surface area contributed by atoms with Gasteiger partial charge in [0.05, 0.1) is 11.5 Å². The Morgan fingerprint density at radius 2 is 2.00 bits per heavy atom. The number of aryl methyl sites for hydroxylation is 1. The molecule has 0 saturated carbocycles. The van der Waals surface area contributed by atoms with Crippen LogP contribution >= 0.6 is 0 Å². The molecule has 1 aliphatic heterocycles. The number of benzene rings is 1. The van der Waals surface area contributed by atoms with Gasteiger partial charge in [-0.05, 0) is 48.9 Å². The third-order valence-electron chi connectivity index (χ3n) is 4.06. The van der Waals surface area contributed by atoms with Gasteiger partial charge >= 0.3 is 0 Å². The van der Waals surface area contributed by atoms with Gasteiger partial charge in [0.2, 0.25) is 10.0 Å². The summed E-state index contributed by atoms with van der Waals surface area (Å²) < 4.78 is 27.0. The molecule has 5 heteroatoms. The van der Waals surface area contributed by atoms with Crippen molar-refractivity contribution in [2.24, 2.45) is 5.92 Å². The van der Waals surface area contributed by atoms with Crippen LogP contribution < -0.4 is 0 Å². The van der Waals surface area contributed by atoms with E-state index in [0.29, 0.717) is 22.9 Å². The van der Waals surface area contributed by atoms with Crippen LogP contribution in [-0.2, 0) is 23.1 Å². The van der Waals surface area contributed by atoms with E-state index in [1.165, 1.54) is 0 Å². The molecule has 0 amide bonds. The molecule has 2 atom stereocenters. The van der Waals surface area contributed by atoms with E-state index < -0.39 is 10.0 Å². The lowest BCUT2D eigenvalue weighted by molar-refractivity contribution is 0.280. The molecule has 1 aliphatic rings. The zero-order valence-electron chi connectivity index (χ0n) is 12.3. The minimum atomic E-state index is -3.46. The minimum absolute atomic E-state index is 0.0402. The molecule has 1 heterocycles. The Labute approximate surface area is 121 Å². The van der Waals surface area contributed by atoms with Gasteiger partial charge in [-0.25, -0.2) is 8.42 Å². The standard InChI is InChI=1S/C15H23NO3S/c1-4-13-5-6-15(8-14(13)10-17)20(18,19)16-9-11(2)7-12(16)3/h5-6,8,11-12,17H,4,7,9-10H2,1-3H3. The van der Waals surface area contributed by atoms with Crippen LogP contribution in [0.25, 0.3) is 0 Å². The molecule has 0 bridgehead atoms. The van der Waals surface area contributed by atoms with Crippen molar-refractivity contribution in [1.82, 2.24) is 4.31 Å². The highest BCUT2D eigenvalue weighted by molar-refractivity contribution is 7.89. The molecule has 0 spiro atoms. The highest BCUT2D eigenvalue weighted by Gasteiger charge is 2.36. The van der Waals surface area contributed by atoms with E-state index in [0.717, 1.165) is 18.4 Å². The molecule has 0 aliphatic carbocycles. The van der Waals surface area contributed by atoms with Crippen molar-refractivity contribution in [3.8, 4) is 0 Å². The Morgan fingerprint density at radius 1 is 1.30 bits per heavy atom. The van der Waals surface area contributed by atoms with E-state index in [1.54, 1.807) is 16.4 Å². The fourth-order valence-electron chi connectivity index (χ4n) is 2.99. The lowest BCUT2D eigenvalue weighted by Gasteiger charge is -2.21. The average Bonchev–Trinajstić information content (AvgIpc) is 2.77. The first-order valence-electron chi connectivity index (χ1n) is 7.14. The third-order valence-corrected chi connectivity index (χ3v) is 6.04. The number of nitrogens with zero attached hydrogens (tertiary/aromatic N) is 1. The molecular weight excluding hydrogens is 274 g/mol. The Hall–Kier alpha value is -0.910. The first-order valence-corrected chi connectivity index (χ1v) is 8.58. The molecule has 0 aromatic heterocycles. The first-order chi connectivity index (χ1) is 9.40. The fourth-order valence-corrected chi connectivity index (χ4v) is 4.80. The van der Waals surface area contributed by atoms with Crippen LogP contribution in [-0.4, -0.2) is 30.4 Å². The van der Waals surface area contributed by atoms with Gasteiger partial charge in [-0.15, -0.1) is 0 Å². The zero-order valence-corrected chi connectivity index (χ0v) is 13.2. The molecule has 4 nitrogen and oxygen atoms in total. The smallest absolute Gasteiger partial charge is 0.243 e. The number of hydrogen-bond acceptors (Lipinski definition) is 3. The van der Waals surface area contributed by atoms with Crippen molar-refractivity contribution < 1.29 is 13.5 Å². The summed E-state index contributed by atoms with van der Waals surface area (Å²) in [6, 6.07) is 5.12. The van der Waals surface area contributed by atoms with Crippen molar-refractivity contribution in [3.63, 3.8) is 0 Å². The lowest BCUT2D eigenvalue weighted by atomic mass is 10.1. The topological polar surface area (TPSA) is 57.6 Å². The van der Waals surface area contributed by atoms with E-state index in [-0.39, 0.29) is 12.6 Å². The summed E-state index contributed by atoms with van der Waals surface area (Å²) in [5.74, 6) is 0.395. The van der Waals surface area contributed by atoms with Crippen LogP contribution in [0, 0.1) is 5.92 Å². The van der Waals surface area contributed by atoms with Crippen molar-refractivity contribution in [1.29, 1.82) is 0 Å². The molecule has 1 fully saturated rings. The van der Waals surface area contributed by atoms with Crippen LogP contribution in [0.4, 0.5) is 0 Å². The summed E-state index contributed by atoms with van der Waals surface area (Å²) in [5, 5.41) is 9.39. The van der Waals surface area contributed by atoms with Gasteiger partial charge in [0.1, 0.15) is 0 Å². The number of rotatable bonds is 4. The first kappa shape index (κ1) is 15.5. The second-order valence-corrected chi connectivity index (χ2v) is 7.60. The van der Waals surface area contributed by atoms with E-state index in [4.69, 9.17) is 0 Å². The molecule has 2 rings (SSSR count). The Kier molecular flexibility index (Phi) is 4.52. The predicted octanol–water partition coefficient (Wildman–Crippen LogP) is 2.16.